The fourth-order valence-electron chi connectivity index (χ4n) is 6.28. The van der Waals surface area contributed by atoms with Crippen LogP contribution in [0.15, 0.2) is 30.5 Å². The maximum atomic E-state index is 12.2. The summed E-state index contributed by atoms with van der Waals surface area (Å²) >= 11 is 8.31. The van der Waals surface area contributed by atoms with Crippen molar-refractivity contribution in [1.29, 1.82) is 0 Å². The average molecular weight is 521 g/mol. The SMILES string of the molecule is O=C1CCC(=O)N1Cc1cc2nccc(-c3cc(Cl)cc4c3N(C3CN(C5CCC5)C3)CCC4)c2s1. The van der Waals surface area contributed by atoms with Crippen molar-refractivity contribution in [2.45, 2.75) is 63.6 Å². The molecule has 186 valence electrons. The number of hydrogen-bond donors (Lipinski definition) is 0. The fraction of sp³-hybridized carbons (Fsp3) is 0.464. The number of benzene rings is 1. The van der Waals surface area contributed by atoms with E-state index in [0.717, 1.165) is 64.2 Å². The van der Waals surface area contributed by atoms with Crippen LogP contribution in [-0.2, 0) is 22.6 Å². The molecule has 5 heterocycles. The molecule has 3 aromatic rings. The predicted molar refractivity (Wildman–Crippen MR) is 144 cm³/mol. The second-order valence-electron chi connectivity index (χ2n) is 10.6. The van der Waals surface area contributed by atoms with Crippen molar-refractivity contribution in [3.05, 3.63) is 45.9 Å². The number of amides is 2. The molecule has 2 saturated heterocycles. The van der Waals surface area contributed by atoms with Crippen molar-refractivity contribution in [2.75, 3.05) is 24.5 Å². The molecule has 1 aliphatic carbocycles. The van der Waals surface area contributed by atoms with Crippen molar-refractivity contribution in [2.24, 2.45) is 0 Å². The number of carbonyl (C=O) groups is 2. The molecule has 36 heavy (non-hydrogen) atoms. The molecule has 2 amide bonds. The highest BCUT2D eigenvalue weighted by Crippen LogP contribution is 2.45. The molecule has 2 aromatic heterocycles. The highest BCUT2D eigenvalue weighted by molar-refractivity contribution is 7.19. The minimum absolute atomic E-state index is 0.0818. The van der Waals surface area contributed by atoms with Gasteiger partial charge in [-0.3, -0.25) is 24.4 Å². The van der Waals surface area contributed by atoms with Gasteiger partial charge >= 0.3 is 0 Å². The zero-order valence-corrected chi connectivity index (χ0v) is 21.8. The minimum Gasteiger partial charge on any atom is -0.365 e. The third-order valence-corrected chi connectivity index (χ3v) is 9.79. The second-order valence-corrected chi connectivity index (χ2v) is 12.2. The molecule has 0 N–H and O–H groups in total. The number of hydrogen-bond acceptors (Lipinski definition) is 6. The number of likely N-dealkylation sites (tertiary alicyclic amines) is 2. The smallest absolute Gasteiger partial charge is 0.230 e. The van der Waals surface area contributed by atoms with Crippen LogP contribution in [0.25, 0.3) is 21.3 Å². The van der Waals surface area contributed by atoms with Gasteiger partial charge in [-0.25, -0.2) is 0 Å². The molecule has 8 heteroatoms. The lowest BCUT2D eigenvalue weighted by Crippen LogP contribution is -2.64. The standard InChI is InChI=1S/C28H29ClN4O2S/c29-18-11-17-3-2-10-32(20-14-31(15-20)19-4-1-5-19)27(17)23(12-18)22-8-9-30-24-13-21(36-28(22)24)16-33-25(34)6-7-26(33)35/h8-9,11-13,19-20H,1-7,10,14-16H2. The minimum atomic E-state index is -0.0818. The molecule has 6 nitrogen and oxygen atoms in total. The number of carbonyl (C=O) groups excluding carboxylic acids is 2. The molecule has 0 unspecified atom stereocenters. The van der Waals surface area contributed by atoms with Crippen molar-refractivity contribution in [1.82, 2.24) is 14.8 Å². The summed E-state index contributed by atoms with van der Waals surface area (Å²) in [6, 6.07) is 9.73. The largest absolute Gasteiger partial charge is 0.365 e. The number of rotatable bonds is 5. The molecular weight excluding hydrogens is 492 g/mol. The van der Waals surface area contributed by atoms with E-state index in [1.165, 1.54) is 41.0 Å². The number of anilines is 1. The van der Waals surface area contributed by atoms with Gasteiger partial charge in [0.2, 0.25) is 11.8 Å². The highest BCUT2D eigenvalue weighted by Gasteiger charge is 2.40. The zero-order chi connectivity index (χ0) is 24.4. The van der Waals surface area contributed by atoms with Gasteiger partial charge in [0.15, 0.2) is 0 Å². The zero-order valence-electron chi connectivity index (χ0n) is 20.2. The van der Waals surface area contributed by atoms with Gasteiger partial charge in [-0.1, -0.05) is 18.0 Å². The summed E-state index contributed by atoms with van der Waals surface area (Å²) in [5, 5.41) is 0.769. The van der Waals surface area contributed by atoms with E-state index >= 15 is 0 Å². The van der Waals surface area contributed by atoms with E-state index in [1.54, 1.807) is 11.3 Å². The maximum absolute atomic E-state index is 12.2. The van der Waals surface area contributed by atoms with Gasteiger partial charge in [0.25, 0.3) is 0 Å². The number of halogens is 1. The Morgan fingerprint density at radius 3 is 2.53 bits per heavy atom. The third kappa shape index (κ3) is 3.75. The Labute approximate surface area is 219 Å². The van der Waals surface area contributed by atoms with Crippen molar-refractivity contribution < 1.29 is 9.59 Å². The average Bonchev–Trinajstić information content (AvgIpc) is 3.36. The fourth-order valence-corrected chi connectivity index (χ4v) is 7.65. The van der Waals surface area contributed by atoms with Gasteiger partial charge in [-0.15, -0.1) is 11.3 Å². The number of nitrogens with zero attached hydrogens (tertiary/aromatic N) is 4. The number of fused-ring (bicyclic) bond motifs is 2. The first-order chi connectivity index (χ1) is 17.5. The van der Waals surface area contributed by atoms with Crippen LogP contribution in [0.5, 0.6) is 0 Å². The summed E-state index contributed by atoms with van der Waals surface area (Å²) < 4.78 is 1.09. The summed E-state index contributed by atoms with van der Waals surface area (Å²) in [5.41, 5.74) is 5.88. The molecule has 1 aromatic carbocycles. The molecule has 7 rings (SSSR count). The normalized spacial score (nSPS) is 21.2. The molecule has 1 saturated carbocycles. The lowest BCUT2D eigenvalue weighted by molar-refractivity contribution is -0.138. The third-order valence-electron chi connectivity index (χ3n) is 8.43. The van der Waals surface area contributed by atoms with E-state index in [4.69, 9.17) is 11.6 Å². The summed E-state index contributed by atoms with van der Waals surface area (Å²) in [4.78, 5) is 36.7. The van der Waals surface area contributed by atoms with Gasteiger partial charge < -0.3 is 4.90 Å². The van der Waals surface area contributed by atoms with Crippen LogP contribution in [0.2, 0.25) is 5.02 Å². The molecular formula is C28H29ClN4O2S. The molecule has 0 atom stereocenters. The number of aromatic nitrogens is 1. The van der Waals surface area contributed by atoms with Gasteiger partial charge in [-0.05, 0) is 55.5 Å². The quantitative estimate of drug-likeness (QED) is 0.430. The van der Waals surface area contributed by atoms with E-state index in [9.17, 15) is 9.59 Å². The summed E-state index contributed by atoms with van der Waals surface area (Å²) in [5.74, 6) is -0.164. The molecule has 0 radical (unpaired) electrons. The van der Waals surface area contributed by atoms with E-state index in [1.807, 2.05) is 12.3 Å². The Hall–Kier alpha value is -2.48. The Morgan fingerprint density at radius 2 is 1.78 bits per heavy atom. The van der Waals surface area contributed by atoms with Crippen LogP contribution >= 0.6 is 22.9 Å². The Morgan fingerprint density at radius 1 is 0.972 bits per heavy atom. The maximum Gasteiger partial charge on any atom is 0.230 e. The molecule has 4 aliphatic rings. The molecule has 3 aliphatic heterocycles. The van der Waals surface area contributed by atoms with Crippen LogP contribution in [0.1, 0.15) is 49.0 Å². The van der Waals surface area contributed by atoms with Crippen LogP contribution in [0.4, 0.5) is 5.69 Å². The first-order valence-corrected chi connectivity index (χ1v) is 14.3. The van der Waals surface area contributed by atoms with Gasteiger partial charge in [0.1, 0.15) is 0 Å². The van der Waals surface area contributed by atoms with Gasteiger partial charge in [-0.2, -0.15) is 0 Å². The summed E-state index contributed by atoms with van der Waals surface area (Å²) in [6.07, 6.45) is 8.78. The van der Waals surface area contributed by atoms with E-state index < -0.39 is 0 Å². The van der Waals surface area contributed by atoms with Crippen molar-refractivity contribution >= 4 is 50.7 Å². The molecule has 3 fully saturated rings. The van der Waals surface area contributed by atoms with E-state index in [0.29, 0.717) is 25.4 Å². The first kappa shape index (κ1) is 22.7. The Bertz CT molecular complexity index is 1360. The number of aryl methyl sites for hydroxylation is 1. The summed E-state index contributed by atoms with van der Waals surface area (Å²) in [7, 11) is 0. The topological polar surface area (TPSA) is 56.8 Å². The summed E-state index contributed by atoms with van der Waals surface area (Å²) in [6.45, 7) is 3.71. The van der Waals surface area contributed by atoms with Crippen LogP contribution in [0.3, 0.4) is 0 Å². The van der Waals surface area contributed by atoms with Crippen LogP contribution in [0, 0.1) is 0 Å². The highest BCUT2D eigenvalue weighted by atomic mass is 35.5. The predicted octanol–water partition coefficient (Wildman–Crippen LogP) is 5.26. The van der Waals surface area contributed by atoms with E-state index in [-0.39, 0.29) is 11.8 Å². The van der Waals surface area contributed by atoms with Crippen molar-refractivity contribution in [3.63, 3.8) is 0 Å². The van der Waals surface area contributed by atoms with Crippen molar-refractivity contribution in [3.8, 4) is 11.1 Å². The van der Waals surface area contributed by atoms with Crippen LogP contribution in [-0.4, -0.2) is 58.3 Å². The monoisotopic (exact) mass is 520 g/mol. The number of imide groups is 1. The Balaban J connectivity index is 1.26. The van der Waals surface area contributed by atoms with E-state index in [2.05, 4.69) is 33.0 Å². The van der Waals surface area contributed by atoms with Gasteiger partial charge in [0.05, 0.1) is 22.8 Å². The lowest BCUT2D eigenvalue weighted by Gasteiger charge is -2.53. The number of pyridine rings is 1. The molecule has 0 bridgehead atoms. The molecule has 0 spiro atoms. The number of thiophene rings is 1. The second kappa shape index (κ2) is 8.82. The Kier molecular flexibility index (Phi) is 5.56. The van der Waals surface area contributed by atoms with Crippen LogP contribution < -0.4 is 4.90 Å². The van der Waals surface area contributed by atoms with Gasteiger partial charge in [0, 0.05) is 71.4 Å². The lowest BCUT2D eigenvalue weighted by atomic mass is 9.86. The first-order valence-electron chi connectivity index (χ1n) is 13.1.